The van der Waals surface area contributed by atoms with E-state index in [1.807, 2.05) is 51.1 Å². The maximum Gasteiger partial charge on any atom is 0.334 e. The first-order chi connectivity index (χ1) is 12.1. The van der Waals surface area contributed by atoms with E-state index < -0.39 is 20.0 Å². The third kappa shape index (κ3) is 3.59. The number of carbonyl (C=O) groups is 1. The van der Waals surface area contributed by atoms with Gasteiger partial charge >= 0.3 is 5.97 Å². The van der Waals surface area contributed by atoms with Crippen molar-refractivity contribution in [2.45, 2.75) is 64.6 Å². The highest BCUT2D eigenvalue weighted by Crippen LogP contribution is 2.35. The monoisotopic (exact) mass is 373 g/mol. The van der Waals surface area contributed by atoms with E-state index in [2.05, 4.69) is 29.7 Å². The maximum atomic E-state index is 12.8. The molecule has 3 unspecified atom stereocenters. The highest BCUT2D eigenvalue weighted by atomic mass is 28.4. The van der Waals surface area contributed by atoms with Crippen molar-refractivity contribution in [3.63, 3.8) is 0 Å². The Balaban J connectivity index is 1.99. The number of ether oxygens (including phenoxy) is 1. The number of aromatic nitrogens is 3. The Morgan fingerprint density at radius 3 is 2.58 bits per heavy atom. The van der Waals surface area contributed by atoms with Gasteiger partial charge in [0.15, 0.2) is 31.6 Å². The average molecular weight is 374 g/mol. The van der Waals surface area contributed by atoms with Gasteiger partial charge in [0, 0.05) is 6.42 Å². The van der Waals surface area contributed by atoms with Crippen LogP contribution < -0.4 is 0 Å². The van der Waals surface area contributed by atoms with Crippen LogP contribution in [0, 0.1) is 0 Å². The van der Waals surface area contributed by atoms with Gasteiger partial charge < -0.3 is 9.16 Å². The van der Waals surface area contributed by atoms with Gasteiger partial charge in [-0.1, -0.05) is 30.3 Å². The molecule has 140 valence electrons. The topological polar surface area (TPSA) is 66.2 Å². The van der Waals surface area contributed by atoms with Gasteiger partial charge in [-0.3, -0.25) is 0 Å². The molecule has 1 aliphatic rings. The largest absolute Gasteiger partial charge is 0.453 e. The van der Waals surface area contributed by atoms with Gasteiger partial charge in [0.25, 0.3) is 0 Å². The normalized spacial score (nSPS) is 24.1. The van der Waals surface area contributed by atoms with E-state index in [1.54, 1.807) is 4.68 Å². The number of carbonyl (C=O) groups excluding carboxylic acids is 1. The van der Waals surface area contributed by atoms with Crippen LogP contribution in [-0.2, 0) is 25.9 Å². The number of cyclic esters (lactones) is 1. The van der Waals surface area contributed by atoms with Crippen LogP contribution in [0.3, 0.4) is 0 Å². The molecule has 0 bridgehead atoms. The average Bonchev–Trinajstić information content (AvgIpc) is 2.99. The van der Waals surface area contributed by atoms with Gasteiger partial charge in [0.05, 0.1) is 0 Å². The van der Waals surface area contributed by atoms with Crippen molar-refractivity contribution in [1.82, 2.24) is 14.8 Å². The Labute approximate surface area is 155 Å². The van der Waals surface area contributed by atoms with Crippen molar-refractivity contribution in [3.05, 3.63) is 47.5 Å². The lowest BCUT2D eigenvalue weighted by Crippen LogP contribution is -2.48. The molecule has 1 aromatic heterocycles. The number of esters is 1. The van der Waals surface area contributed by atoms with Crippen LogP contribution in [0.15, 0.2) is 30.3 Å². The minimum Gasteiger partial charge on any atom is -0.453 e. The molecular formula is C19H27N3O3Si. The first-order valence-corrected chi connectivity index (χ1v) is 12.4. The maximum absolute atomic E-state index is 12.8. The summed E-state index contributed by atoms with van der Waals surface area (Å²) in [6.45, 7) is 12.0. The standard InChI is InChI=1S/C19H27N3O3Si/c1-13(25-26(4,5)6)16-20-17-14(2)24-18(23)19(3,22(17)21-16)12-15-10-8-7-9-11-15/h7-11,13-14H,12H2,1-6H3. The smallest absolute Gasteiger partial charge is 0.334 e. The summed E-state index contributed by atoms with van der Waals surface area (Å²) in [5.74, 6) is 0.993. The summed E-state index contributed by atoms with van der Waals surface area (Å²) < 4.78 is 13.5. The van der Waals surface area contributed by atoms with E-state index in [4.69, 9.17) is 9.16 Å². The molecule has 0 fully saturated rings. The van der Waals surface area contributed by atoms with Gasteiger partial charge in [0.1, 0.15) is 6.10 Å². The third-order valence-corrected chi connectivity index (χ3v) is 5.55. The van der Waals surface area contributed by atoms with Crippen LogP contribution in [0.5, 0.6) is 0 Å². The van der Waals surface area contributed by atoms with Gasteiger partial charge in [-0.2, -0.15) is 5.10 Å². The van der Waals surface area contributed by atoms with Crippen LogP contribution >= 0.6 is 0 Å². The molecule has 0 N–H and O–H groups in total. The first kappa shape index (κ1) is 18.8. The SMILES string of the molecule is CC(O[Si](C)(C)C)c1nc2n(n1)C(C)(Cc1ccccc1)C(=O)OC2C. The fourth-order valence-electron chi connectivity index (χ4n) is 3.29. The number of rotatable bonds is 5. The molecule has 3 atom stereocenters. The molecular weight excluding hydrogens is 346 g/mol. The lowest BCUT2D eigenvalue weighted by atomic mass is 9.91. The molecule has 0 radical (unpaired) electrons. The Morgan fingerprint density at radius 2 is 1.96 bits per heavy atom. The minimum absolute atomic E-state index is 0.219. The second kappa shape index (κ2) is 6.63. The van der Waals surface area contributed by atoms with Crippen LogP contribution in [0.25, 0.3) is 0 Å². The first-order valence-electron chi connectivity index (χ1n) is 9.00. The molecule has 3 rings (SSSR count). The van der Waals surface area contributed by atoms with Crippen molar-refractivity contribution < 1.29 is 14.0 Å². The Bertz CT molecular complexity index is 800. The molecule has 26 heavy (non-hydrogen) atoms. The zero-order valence-corrected chi connectivity index (χ0v) is 17.3. The quantitative estimate of drug-likeness (QED) is 0.590. The van der Waals surface area contributed by atoms with Gasteiger partial charge in [-0.25, -0.2) is 14.5 Å². The van der Waals surface area contributed by atoms with Crippen molar-refractivity contribution in [2.24, 2.45) is 0 Å². The van der Waals surface area contributed by atoms with Crippen LogP contribution in [0.4, 0.5) is 0 Å². The lowest BCUT2D eigenvalue weighted by molar-refractivity contribution is -0.165. The predicted molar refractivity (Wildman–Crippen MR) is 101 cm³/mol. The Hall–Kier alpha value is -1.99. The van der Waals surface area contributed by atoms with Crippen molar-refractivity contribution in [1.29, 1.82) is 0 Å². The molecule has 0 aliphatic carbocycles. The van der Waals surface area contributed by atoms with E-state index in [9.17, 15) is 4.79 Å². The molecule has 0 spiro atoms. The van der Waals surface area contributed by atoms with Crippen molar-refractivity contribution >= 4 is 14.3 Å². The fraction of sp³-hybridized carbons (Fsp3) is 0.526. The lowest BCUT2D eigenvalue weighted by Gasteiger charge is -2.35. The van der Waals surface area contributed by atoms with E-state index in [0.717, 1.165) is 5.56 Å². The number of nitrogens with zero attached hydrogens (tertiary/aromatic N) is 3. The molecule has 1 aromatic carbocycles. The summed E-state index contributed by atoms with van der Waals surface area (Å²) in [6.07, 6.45) is -0.145. The summed E-state index contributed by atoms with van der Waals surface area (Å²) in [5, 5.41) is 4.69. The number of benzene rings is 1. The van der Waals surface area contributed by atoms with Crippen LogP contribution in [-0.4, -0.2) is 29.1 Å². The predicted octanol–water partition coefficient (Wildman–Crippen LogP) is 3.77. The fourth-order valence-corrected chi connectivity index (χ4v) is 4.46. The highest BCUT2D eigenvalue weighted by Gasteiger charge is 2.46. The summed E-state index contributed by atoms with van der Waals surface area (Å²) in [5.41, 5.74) is 0.128. The van der Waals surface area contributed by atoms with Gasteiger partial charge in [0.2, 0.25) is 0 Å². The molecule has 0 saturated carbocycles. The molecule has 6 nitrogen and oxygen atoms in total. The van der Waals surface area contributed by atoms with Crippen LogP contribution in [0.1, 0.15) is 50.2 Å². The zero-order chi connectivity index (χ0) is 19.1. The Kier molecular flexibility index (Phi) is 4.79. The van der Waals surface area contributed by atoms with E-state index in [-0.39, 0.29) is 12.1 Å². The molecule has 7 heteroatoms. The number of hydrogen-bond donors (Lipinski definition) is 0. The summed E-state index contributed by atoms with van der Waals surface area (Å²) in [6, 6.07) is 9.90. The van der Waals surface area contributed by atoms with Gasteiger partial charge in [-0.15, -0.1) is 0 Å². The second-order valence-electron chi connectivity index (χ2n) is 8.10. The highest BCUT2D eigenvalue weighted by molar-refractivity contribution is 6.69. The van der Waals surface area contributed by atoms with E-state index in [1.165, 1.54) is 0 Å². The molecule has 0 saturated heterocycles. The second-order valence-corrected chi connectivity index (χ2v) is 12.6. The molecule has 2 aromatic rings. The third-order valence-electron chi connectivity index (χ3n) is 4.49. The van der Waals surface area contributed by atoms with Crippen molar-refractivity contribution in [2.75, 3.05) is 0 Å². The zero-order valence-electron chi connectivity index (χ0n) is 16.3. The van der Waals surface area contributed by atoms with Crippen LogP contribution in [0.2, 0.25) is 19.6 Å². The summed E-state index contributed by atoms with van der Waals surface area (Å²) >= 11 is 0. The minimum atomic E-state index is -1.73. The number of hydrogen-bond acceptors (Lipinski definition) is 5. The Morgan fingerprint density at radius 1 is 1.31 bits per heavy atom. The van der Waals surface area contributed by atoms with Crippen molar-refractivity contribution in [3.8, 4) is 0 Å². The van der Waals surface area contributed by atoms with E-state index >= 15 is 0 Å². The molecule has 2 heterocycles. The molecule has 1 aliphatic heterocycles. The van der Waals surface area contributed by atoms with E-state index in [0.29, 0.717) is 18.1 Å². The summed E-state index contributed by atoms with van der Waals surface area (Å²) in [7, 11) is -1.73. The molecule has 0 amide bonds. The van der Waals surface area contributed by atoms with Gasteiger partial charge in [-0.05, 0) is 46.0 Å². The number of fused-ring (bicyclic) bond motifs is 1. The summed E-state index contributed by atoms with van der Waals surface area (Å²) in [4.78, 5) is 17.4.